The number of hydrogen-bond donors (Lipinski definition) is 2. The van der Waals surface area contributed by atoms with Gasteiger partial charge in [-0.05, 0) is 68.0 Å². The summed E-state index contributed by atoms with van der Waals surface area (Å²) in [5, 5.41) is 3.88. The molecule has 0 spiro atoms. The molecule has 0 bridgehead atoms. The molecule has 2 N–H and O–H groups in total. The van der Waals surface area contributed by atoms with Crippen LogP contribution in [0.2, 0.25) is 0 Å². The number of fused-ring (bicyclic) bond motifs is 1. The maximum Gasteiger partial charge on any atom is 0.416 e. The molecule has 1 amide bonds. The predicted octanol–water partition coefficient (Wildman–Crippen LogP) is 5.88. The molecule has 33 heavy (non-hydrogen) atoms. The summed E-state index contributed by atoms with van der Waals surface area (Å²) in [4.78, 5) is 15.9. The number of aromatic amines is 1. The largest absolute Gasteiger partial charge is 0.490 e. The van der Waals surface area contributed by atoms with Gasteiger partial charge in [0, 0.05) is 23.7 Å². The SMILES string of the molecule is CC1(C(=O)Nc2c[nH]c3ccc(OC4CC(c5ccc(C(F)(F)F)cc5)C4)cc23)CCOC1. The van der Waals surface area contributed by atoms with Crippen molar-refractivity contribution in [3.05, 3.63) is 59.8 Å². The van der Waals surface area contributed by atoms with Crippen LogP contribution in [-0.2, 0) is 15.7 Å². The van der Waals surface area contributed by atoms with Gasteiger partial charge < -0.3 is 19.8 Å². The summed E-state index contributed by atoms with van der Waals surface area (Å²) in [6, 6.07) is 11.1. The number of aromatic nitrogens is 1. The Kier molecular flexibility index (Phi) is 5.35. The van der Waals surface area contributed by atoms with E-state index in [0.29, 0.717) is 31.1 Å². The quantitative estimate of drug-likeness (QED) is 0.502. The van der Waals surface area contributed by atoms with E-state index >= 15 is 0 Å². The normalized spacial score (nSPS) is 25.1. The smallest absolute Gasteiger partial charge is 0.416 e. The van der Waals surface area contributed by atoms with Crippen molar-refractivity contribution in [3.63, 3.8) is 0 Å². The lowest BCUT2D eigenvalue weighted by Gasteiger charge is -2.35. The fourth-order valence-corrected chi connectivity index (χ4v) is 4.47. The minimum Gasteiger partial charge on any atom is -0.490 e. The first-order valence-corrected chi connectivity index (χ1v) is 11.1. The Morgan fingerprint density at radius 2 is 1.94 bits per heavy atom. The first-order valence-electron chi connectivity index (χ1n) is 11.1. The minimum absolute atomic E-state index is 0.00118. The van der Waals surface area contributed by atoms with Gasteiger partial charge in [-0.2, -0.15) is 13.2 Å². The third kappa shape index (κ3) is 4.31. The molecule has 1 atom stereocenters. The summed E-state index contributed by atoms with van der Waals surface area (Å²) in [5.41, 5.74) is 1.33. The van der Waals surface area contributed by atoms with Gasteiger partial charge in [0.05, 0.1) is 29.4 Å². The highest BCUT2D eigenvalue weighted by molar-refractivity contribution is 6.04. The number of hydrogen-bond acceptors (Lipinski definition) is 3. The fraction of sp³-hybridized carbons (Fsp3) is 0.400. The van der Waals surface area contributed by atoms with Crippen molar-refractivity contribution in [3.8, 4) is 5.75 Å². The third-order valence-electron chi connectivity index (χ3n) is 6.78. The highest BCUT2D eigenvalue weighted by Gasteiger charge is 2.38. The van der Waals surface area contributed by atoms with E-state index in [0.717, 1.165) is 41.4 Å². The number of anilines is 1. The highest BCUT2D eigenvalue weighted by Crippen LogP contribution is 2.41. The van der Waals surface area contributed by atoms with Crippen LogP contribution < -0.4 is 10.1 Å². The number of carbonyl (C=O) groups is 1. The van der Waals surface area contributed by atoms with Crippen molar-refractivity contribution in [1.29, 1.82) is 0 Å². The van der Waals surface area contributed by atoms with Crippen LogP contribution in [0.1, 0.15) is 43.2 Å². The molecular weight excluding hydrogens is 433 g/mol. The van der Waals surface area contributed by atoms with Crippen LogP contribution in [-0.4, -0.2) is 30.2 Å². The van der Waals surface area contributed by atoms with Crippen LogP contribution >= 0.6 is 0 Å². The van der Waals surface area contributed by atoms with Crippen molar-refractivity contribution in [2.75, 3.05) is 18.5 Å². The Hall–Kier alpha value is -3.00. The van der Waals surface area contributed by atoms with Gasteiger partial charge in [-0.25, -0.2) is 0 Å². The van der Waals surface area contributed by atoms with Crippen molar-refractivity contribution in [1.82, 2.24) is 4.98 Å². The topological polar surface area (TPSA) is 63.4 Å². The van der Waals surface area contributed by atoms with Crippen molar-refractivity contribution >= 4 is 22.5 Å². The first kappa shape index (κ1) is 21.8. The average Bonchev–Trinajstić information content (AvgIpc) is 3.37. The molecule has 1 aliphatic carbocycles. The Labute approximate surface area is 189 Å². The van der Waals surface area contributed by atoms with Crippen LogP contribution in [0.15, 0.2) is 48.7 Å². The standard InChI is InChI=1S/C25H25F3N2O3/c1-24(8-9-32-14-24)23(31)30-22-13-29-21-7-6-18(12-20(21)22)33-19-10-16(11-19)15-2-4-17(5-3-15)25(26,27)28/h2-7,12-13,16,19,29H,8-11,14H2,1H3,(H,30,31). The van der Waals surface area contributed by atoms with Gasteiger partial charge in [-0.3, -0.25) is 4.79 Å². The molecule has 5 rings (SSSR count). The molecule has 2 aliphatic rings. The molecule has 0 radical (unpaired) electrons. The zero-order valence-corrected chi connectivity index (χ0v) is 18.2. The van der Waals surface area contributed by atoms with Gasteiger partial charge in [0.15, 0.2) is 0 Å². The summed E-state index contributed by atoms with van der Waals surface area (Å²) < 4.78 is 49.8. The second-order valence-corrected chi connectivity index (χ2v) is 9.26. The highest BCUT2D eigenvalue weighted by atomic mass is 19.4. The van der Waals surface area contributed by atoms with E-state index in [4.69, 9.17) is 9.47 Å². The zero-order valence-electron chi connectivity index (χ0n) is 18.2. The molecule has 1 saturated heterocycles. The van der Waals surface area contributed by atoms with Gasteiger partial charge in [0.1, 0.15) is 5.75 Å². The number of rotatable bonds is 5. The number of H-pyrrole nitrogens is 1. The second-order valence-electron chi connectivity index (χ2n) is 9.26. The van der Waals surface area contributed by atoms with Crippen LogP contribution in [0.4, 0.5) is 18.9 Å². The van der Waals surface area contributed by atoms with E-state index in [2.05, 4.69) is 10.3 Å². The van der Waals surface area contributed by atoms with Gasteiger partial charge >= 0.3 is 6.18 Å². The summed E-state index contributed by atoms with van der Waals surface area (Å²) in [7, 11) is 0. The molecule has 1 unspecified atom stereocenters. The van der Waals surface area contributed by atoms with E-state index in [-0.39, 0.29) is 17.9 Å². The van der Waals surface area contributed by atoms with Crippen LogP contribution in [0.3, 0.4) is 0 Å². The van der Waals surface area contributed by atoms with E-state index < -0.39 is 17.2 Å². The number of nitrogens with one attached hydrogen (secondary N) is 2. The Morgan fingerprint density at radius 3 is 2.61 bits per heavy atom. The number of benzene rings is 2. The monoisotopic (exact) mass is 458 g/mol. The molecule has 3 aromatic rings. The Bertz CT molecular complexity index is 1160. The summed E-state index contributed by atoms with van der Waals surface area (Å²) >= 11 is 0. The molecule has 1 aliphatic heterocycles. The molecule has 1 aromatic heterocycles. The molecule has 2 aromatic carbocycles. The zero-order chi connectivity index (χ0) is 23.2. The van der Waals surface area contributed by atoms with E-state index in [1.807, 2.05) is 25.1 Å². The Morgan fingerprint density at radius 1 is 1.18 bits per heavy atom. The predicted molar refractivity (Wildman–Crippen MR) is 118 cm³/mol. The summed E-state index contributed by atoms with van der Waals surface area (Å²) in [6.45, 7) is 2.91. The van der Waals surface area contributed by atoms with Crippen molar-refractivity contribution in [2.24, 2.45) is 5.41 Å². The number of amides is 1. The number of alkyl halides is 3. The fourth-order valence-electron chi connectivity index (χ4n) is 4.47. The van der Waals surface area contributed by atoms with Crippen LogP contribution in [0.25, 0.3) is 10.9 Å². The van der Waals surface area contributed by atoms with E-state index in [1.54, 1.807) is 18.3 Å². The lowest BCUT2D eigenvalue weighted by molar-refractivity contribution is -0.137. The maximum absolute atomic E-state index is 12.8. The number of halogens is 3. The maximum atomic E-state index is 12.8. The molecule has 2 heterocycles. The number of ether oxygens (including phenoxy) is 2. The lowest BCUT2D eigenvalue weighted by Crippen LogP contribution is -2.33. The summed E-state index contributed by atoms with van der Waals surface area (Å²) in [6.07, 6.45) is -0.355. The molecule has 1 saturated carbocycles. The molecule has 8 heteroatoms. The van der Waals surface area contributed by atoms with E-state index in [9.17, 15) is 18.0 Å². The van der Waals surface area contributed by atoms with Gasteiger partial charge in [-0.15, -0.1) is 0 Å². The van der Waals surface area contributed by atoms with Crippen LogP contribution in [0.5, 0.6) is 5.75 Å². The molecule has 5 nitrogen and oxygen atoms in total. The Balaban J connectivity index is 1.22. The van der Waals surface area contributed by atoms with Crippen molar-refractivity contribution < 1.29 is 27.4 Å². The average molecular weight is 458 g/mol. The first-order chi connectivity index (χ1) is 15.7. The molecule has 174 valence electrons. The van der Waals surface area contributed by atoms with E-state index in [1.165, 1.54) is 0 Å². The van der Waals surface area contributed by atoms with Gasteiger partial charge in [0.2, 0.25) is 5.91 Å². The molecule has 2 fully saturated rings. The summed E-state index contributed by atoms with van der Waals surface area (Å²) in [5.74, 6) is 0.826. The van der Waals surface area contributed by atoms with Crippen molar-refractivity contribution in [2.45, 2.75) is 44.4 Å². The third-order valence-corrected chi connectivity index (χ3v) is 6.78. The van der Waals surface area contributed by atoms with Gasteiger partial charge in [-0.1, -0.05) is 12.1 Å². The van der Waals surface area contributed by atoms with Crippen LogP contribution in [0, 0.1) is 5.41 Å². The number of carbonyl (C=O) groups excluding carboxylic acids is 1. The lowest BCUT2D eigenvalue weighted by atomic mass is 9.77. The second kappa shape index (κ2) is 8.09. The van der Waals surface area contributed by atoms with Gasteiger partial charge in [0.25, 0.3) is 0 Å². The molecular formula is C25H25F3N2O3. The minimum atomic E-state index is -4.32.